The molecule has 0 aliphatic carbocycles. The van der Waals surface area contributed by atoms with Gasteiger partial charge in [0.1, 0.15) is 11.6 Å². The van der Waals surface area contributed by atoms with Gasteiger partial charge in [-0.2, -0.15) is 0 Å². The smallest absolute Gasteiger partial charge is 0.259 e. The van der Waals surface area contributed by atoms with E-state index in [1.807, 2.05) is 0 Å². The topological polar surface area (TPSA) is 107 Å². The minimum atomic E-state index is -0.518. The molecule has 3 rings (SSSR count). The summed E-state index contributed by atoms with van der Waals surface area (Å²) in [6, 6.07) is 14.2. The lowest BCUT2D eigenvalue weighted by molar-refractivity contribution is 0.0502. The second kappa shape index (κ2) is 10.5. The predicted molar refractivity (Wildman–Crippen MR) is 121 cm³/mol. The first-order valence-electron chi connectivity index (χ1n) is 9.49. The average Bonchev–Trinajstić information content (AvgIpc) is 2.79. The van der Waals surface area contributed by atoms with Crippen molar-refractivity contribution >= 4 is 40.7 Å². The van der Waals surface area contributed by atoms with Crippen LogP contribution in [-0.2, 0) is 4.74 Å². The summed E-state index contributed by atoms with van der Waals surface area (Å²) in [6.07, 6.45) is 1.41. The molecule has 2 N–H and O–H groups in total. The van der Waals surface area contributed by atoms with E-state index in [-0.39, 0.29) is 35.1 Å². The van der Waals surface area contributed by atoms with E-state index in [4.69, 9.17) is 21.1 Å². The van der Waals surface area contributed by atoms with Crippen LogP contribution in [0.4, 0.5) is 11.5 Å². The first-order chi connectivity index (χ1) is 15.4. The monoisotopic (exact) mass is 453 g/mol. The van der Waals surface area contributed by atoms with Gasteiger partial charge in [-0.05, 0) is 43.3 Å². The van der Waals surface area contributed by atoms with Gasteiger partial charge in [-0.3, -0.25) is 14.4 Å². The van der Waals surface area contributed by atoms with Gasteiger partial charge in [0.15, 0.2) is 12.6 Å². The number of rotatable bonds is 8. The Morgan fingerprint density at radius 3 is 2.41 bits per heavy atom. The second-order valence-corrected chi connectivity index (χ2v) is 7.07. The van der Waals surface area contributed by atoms with Crippen LogP contribution in [0.3, 0.4) is 0 Å². The number of halogens is 1. The summed E-state index contributed by atoms with van der Waals surface area (Å²) < 4.78 is 10.4. The normalized spacial score (nSPS) is 10.3. The highest BCUT2D eigenvalue weighted by molar-refractivity contribution is 6.30. The molecule has 0 aliphatic rings. The van der Waals surface area contributed by atoms with Crippen LogP contribution in [0.15, 0.2) is 60.8 Å². The van der Waals surface area contributed by atoms with Crippen LogP contribution in [0.5, 0.6) is 5.75 Å². The Morgan fingerprint density at radius 2 is 1.72 bits per heavy atom. The zero-order valence-electron chi connectivity index (χ0n) is 17.3. The van der Waals surface area contributed by atoms with E-state index in [0.29, 0.717) is 16.4 Å². The van der Waals surface area contributed by atoms with E-state index in [9.17, 15) is 14.4 Å². The number of para-hydroxylation sites is 1. The highest BCUT2D eigenvalue weighted by Crippen LogP contribution is 2.24. The lowest BCUT2D eigenvalue weighted by atomic mass is 10.1. The summed E-state index contributed by atoms with van der Waals surface area (Å²) >= 11 is 5.82. The van der Waals surface area contributed by atoms with Crippen molar-refractivity contribution in [1.82, 2.24) is 4.98 Å². The van der Waals surface area contributed by atoms with Crippen LogP contribution in [0, 0.1) is 0 Å². The van der Waals surface area contributed by atoms with Crippen molar-refractivity contribution in [2.45, 2.75) is 6.92 Å². The fraction of sp³-hybridized carbons (Fsp3) is 0.130. The number of nitrogens with zero attached hydrogens (tertiary/aromatic N) is 1. The number of pyridine rings is 1. The Labute approximate surface area is 189 Å². The predicted octanol–water partition coefficient (Wildman–Crippen LogP) is 4.42. The number of carbonyl (C=O) groups is 3. The van der Waals surface area contributed by atoms with Crippen LogP contribution in [-0.4, -0.2) is 36.5 Å². The first-order valence-corrected chi connectivity index (χ1v) is 9.87. The third-order valence-electron chi connectivity index (χ3n) is 4.35. The van der Waals surface area contributed by atoms with Gasteiger partial charge >= 0.3 is 0 Å². The van der Waals surface area contributed by atoms with E-state index in [2.05, 4.69) is 15.6 Å². The number of nitrogens with one attached hydrogen (secondary N) is 2. The third-order valence-corrected chi connectivity index (χ3v) is 4.58. The van der Waals surface area contributed by atoms with E-state index in [1.54, 1.807) is 36.4 Å². The van der Waals surface area contributed by atoms with Crippen molar-refractivity contribution in [2.75, 3.05) is 24.5 Å². The minimum Gasteiger partial charge on any atom is -0.467 e. The fourth-order valence-corrected chi connectivity index (χ4v) is 2.90. The molecule has 0 saturated carbocycles. The maximum atomic E-state index is 13.0. The number of hydrogen-bond donors (Lipinski definition) is 2. The fourth-order valence-electron chi connectivity index (χ4n) is 2.78. The zero-order valence-corrected chi connectivity index (χ0v) is 18.1. The average molecular weight is 454 g/mol. The number of anilines is 2. The lowest BCUT2D eigenvalue weighted by Crippen LogP contribution is -2.19. The molecule has 3 aromatic rings. The molecule has 0 atom stereocenters. The summed E-state index contributed by atoms with van der Waals surface area (Å²) in [5.41, 5.74) is 1.10. The van der Waals surface area contributed by atoms with E-state index >= 15 is 0 Å². The zero-order chi connectivity index (χ0) is 23.1. The molecule has 0 aliphatic heterocycles. The molecule has 2 aromatic carbocycles. The van der Waals surface area contributed by atoms with Crippen molar-refractivity contribution in [3.8, 4) is 5.75 Å². The van der Waals surface area contributed by atoms with Crippen molar-refractivity contribution in [3.63, 3.8) is 0 Å². The number of methoxy groups -OCH3 is 1. The first kappa shape index (κ1) is 22.9. The number of amides is 2. The molecule has 0 fully saturated rings. The van der Waals surface area contributed by atoms with Gasteiger partial charge in [-0.25, -0.2) is 4.98 Å². The Bertz CT molecular complexity index is 1150. The van der Waals surface area contributed by atoms with Crippen molar-refractivity contribution < 1.29 is 23.9 Å². The van der Waals surface area contributed by atoms with E-state index in [0.717, 1.165) is 0 Å². The Hall–Kier alpha value is -3.75. The molecular weight excluding hydrogens is 434 g/mol. The summed E-state index contributed by atoms with van der Waals surface area (Å²) in [7, 11) is 1.44. The van der Waals surface area contributed by atoms with Gasteiger partial charge in [-0.15, -0.1) is 0 Å². The number of ketones is 1. The van der Waals surface area contributed by atoms with Gasteiger partial charge in [0, 0.05) is 18.9 Å². The number of carbonyl (C=O) groups excluding carboxylic acids is 3. The molecule has 164 valence electrons. The Kier molecular flexibility index (Phi) is 7.54. The SMILES string of the molecule is COCOc1cc(C(C)=O)ccc1C(=O)Nc1ccccc1C(=O)Nc1ccc(Cl)cn1. The van der Waals surface area contributed by atoms with Crippen LogP contribution in [0.2, 0.25) is 5.02 Å². The molecule has 0 bridgehead atoms. The van der Waals surface area contributed by atoms with E-state index in [1.165, 1.54) is 38.4 Å². The molecule has 2 amide bonds. The number of hydrogen-bond acceptors (Lipinski definition) is 6. The van der Waals surface area contributed by atoms with Gasteiger partial charge in [0.25, 0.3) is 11.8 Å². The Balaban J connectivity index is 1.85. The summed E-state index contributed by atoms with van der Waals surface area (Å²) in [4.78, 5) is 41.5. The summed E-state index contributed by atoms with van der Waals surface area (Å²) in [5.74, 6) is -0.647. The molecule has 9 heteroatoms. The van der Waals surface area contributed by atoms with Crippen LogP contribution >= 0.6 is 11.6 Å². The highest BCUT2D eigenvalue weighted by Gasteiger charge is 2.18. The number of Topliss-reactive ketones (excluding diaryl/α,β-unsaturated/α-hetero) is 1. The maximum Gasteiger partial charge on any atom is 0.259 e. The highest BCUT2D eigenvalue weighted by atomic mass is 35.5. The van der Waals surface area contributed by atoms with Crippen LogP contribution in [0.25, 0.3) is 0 Å². The van der Waals surface area contributed by atoms with Crippen molar-refractivity contribution in [2.24, 2.45) is 0 Å². The molecule has 0 unspecified atom stereocenters. The summed E-state index contributed by atoms with van der Waals surface area (Å²) in [6.45, 7) is 1.31. The standard InChI is InChI=1S/C23H20ClN3O5/c1-14(28)15-7-9-18(20(11-15)32-13-31-2)23(30)26-19-6-4-3-5-17(19)22(29)27-21-10-8-16(24)12-25-21/h3-12H,13H2,1-2H3,(H,26,30)(H,25,27,29). The molecule has 0 spiro atoms. The second-order valence-electron chi connectivity index (χ2n) is 6.63. The number of aromatic nitrogens is 1. The maximum absolute atomic E-state index is 13.0. The number of benzene rings is 2. The molecule has 0 saturated heterocycles. The van der Waals surface area contributed by atoms with Crippen LogP contribution < -0.4 is 15.4 Å². The third kappa shape index (κ3) is 5.69. The molecule has 8 nitrogen and oxygen atoms in total. The summed E-state index contributed by atoms with van der Waals surface area (Å²) in [5, 5.41) is 5.82. The quantitative estimate of drug-likeness (QED) is 0.386. The van der Waals surface area contributed by atoms with Gasteiger partial charge in [-0.1, -0.05) is 29.8 Å². The van der Waals surface area contributed by atoms with Gasteiger partial charge in [0.05, 0.1) is 21.8 Å². The van der Waals surface area contributed by atoms with Crippen molar-refractivity contribution in [1.29, 1.82) is 0 Å². The van der Waals surface area contributed by atoms with Crippen molar-refractivity contribution in [3.05, 3.63) is 82.5 Å². The van der Waals surface area contributed by atoms with Crippen LogP contribution in [0.1, 0.15) is 38.0 Å². The molecule has 0 radical (unpaired) electrons. The number of ether oxygens (including phenoxy) is 2. The van der Waals surface area contributed by atoms with E-state index < -0.39 is 11.8 Å². The molecule has 32 heavy (non-hydrogen) atoms. The largest absolute Gasteiger partial charge is 0.467 e. The molecular formula is C23H20ClN3O5. The Morgan fingerprint density at radius 1 is 0.969 bits per heavy atom. The minimum absolute atomic E-state index is 0.102. The van der Waals surface area contributed by atoms with Gasteiger partial charge in [0.2, 0.25) is 0 Å². The van der Waals surface area contributed by atoms with Gasteiger partial charge < -0.3 is 20.1 Å². The lowest BCUT2D eigenvalue weighted by Gasteiger charge is -2.14. The molecule has 1 heterocycles. The molecule has 1 aromatic heterocycles.